The second-order valence-corrected chi connectivity index (χ2v) is 6.38. The van der Waals surface area contributed by atoms with Crippen molar-refractivity contribution in [3.8, 4) is 0 Å². The minimum atomic E-state index is -0.512. The molecule has 2 aromatic carbocycles. The van der Waals surface area contributed by atoms with E-state index in [0.29, 0.717) is 10.7 Å². The Morgan fingerprint density at radius 2 is 1.79 bits per heavy atom. The lowest BCUT2D eigenvalue weighted by Gasteiger charge is -2.39. The fraction of sp³-hybridized carbons (Fsp3) is 0.278. The third-order valence-corrected chi connectivity index (χ3v) is 5.03. The molecule has 0 saturated heterocycles. The van der Waals surface area contributed by atoms with Gasteiger partial charge in [-0.15, -0.1) is 0 Å². The minimum Gasteiger partial charge on any atom is -0.303 e. The maximum absolute atomic E-state index is 12.0. The SMILES string of the molecule is O=CN(c1cc([N+](=O)[O-])ccc1Cl)C1(c2ccccc2)CCCC1. The van der Waals surface area contributed by atoms with Crippen molar-refractivity contribution < 1.29 is 9.72 Å². The van der Waals surface area contributed by atoms with Gasteiger partial charge in [0.2, 0.25) is 6.41 Å². The van der Waals surface area contributed by atoms with E-state index >= 15 is 0 Å². The van der Waals surface area contributed by atoms with E-state index in [2.05, 4.69) is 0 Å². The molecule has 0 bridgehead atoms. The molecule has 0 spiro atoms. The van der Waals surface area contributed by atoms with Crippen LogP contribution in [0.4, 0.5) is 11.4 Å². The van der Waals surface area contributed by atoms with Crippen molar-refractivity contribution in [1.29, 1.82) is 0 Å². The van der Waals surface area contributed by atoms with E-state index in [-0.39, 0.29) is 5.69 Å². The van der Waals surface area contributed by atoms with E-state index in [1.165, 1.54) is 18.2 Å². The number of nitrogens with zero attached hydrogens (tertiary/aromatic N) is 2. The standard InChI is InChI=1S/C18H17ClN2O3/c19-16-9-8-15(21(23)24)12-17(16)20(13-22)18(10-4-5-11-18)14-6-2-1-3-7-14/h1-3,6-9,12-13H,4-5,10-11H2. The number of carbonyl (C=O) groups excluding carboxylic acids is 1. The highest BCUT2D eigenvalue weighted by Gasteiger charge is 2.42. The molecule has 0 aliphatic heterocycles. The summed E-state index contributed by atoms with van der Waals surface area (Å²) in [5, 5.41) is 11.4. The van der Waals surface area contributed by atoms with Gasteiger partial charge in [-0.1, -0.05) is 54.8 Å². The molecular weight excluding hydrogens is 328 g/mol. The predicted octanol–water partition coefficient (Wildman–Crippen LogP) is 4.68. The minimum absolute atomic E-state index is 0.0811. The lowest BCUT2D eigenvalue weighted by Crippen LogP contribution is -2.43. The Bertz CT molecular complexity index is 758. The first-order chi connectivity index (χ1) is 11.6. The Morgan fingerprint density at radius 1 is 1.12 bits per heavy atom. The number of nitro groups is 1. The van der Waals surface area contributed by atoms with Crippen LogP contribution in [0.1, 0.15) is 31.2 Å². The largest absolute Gasteiger partial charge is 0.303 e. The molecule has 1 aliphatic rings. The lowest BCUT2D eigenvalue weighted by molar-refractivity contribution is -0.384. The maximum atomic E-state index is 12.0. The third-order valence-electron chi connectivity index (χ3n) is 4.71. The molecule has 0 unspecified atom stereocenters. The Kier molecular flexibility index (Phi) is 4.53. The van der Waals surface area contributed by atoms with E-state index in [1.807, 2.05) is 30.3 Å². The van der Waals surface area contributed by atoms with E-state index in [9.17, 15) is 14.9 Å². The van der Waals surface area contributed by atoms with Crippen LogP contribution in [-0.4, -0.2) is 11.3 Å². The maximum Gasteiger partial charge on any atom is 0.271 e. The number of anilines is 1. The highest BCUT2D eigenvalue weighted by Crippen LogP contribution is 2.47. The number of hydrogen-bond donors (Lipinski definition) is 0. The average molecular weight is 345 g/mol. The monoisotopic (exact) mass is 344 g/mol. The van der Waals surface area contributed by atoms with E-state index in [0.717, 1.165) is 37.7 Å². The Morgan fingerprint density at radius 3 is 2.38 bits per heavy atom. The van der Waals surface area contributed by atoms with E-state index < -0.39 is 10.5 Å². The number of nitro benzene ring substituents is 1. The molecule has 1 fully saturated rings. The van der Waals surface area contributed by atoms with Crippen molar-refractivity contribution in [1.82, 2.24) is 0 Å². The second kappa shape index (κ2) is 6.61. The van der Waals surface area contributed by atoms with Crippen LogP contribution in [0, 0.1) is 10.1 Å². The highest BCUT2D eigenvalue weighted by molar-refractivity contribution is 6.33. The number of hydrogen-bond acceptors (Lipinski definition) is 3. The van der Waals surface area contributed by atoms with Crippen LogP contribution in [-0.2, 0) is 10.3 Å². The summed E-state index contributed by atoms with van der Waals surface area (Å²) in [6.07, 6.45) is 4.32. The van der Waals surface area contributed by atoms with Gasteiger partial charge in [-0.2, -0.15) is 0 Å². The normalized spacial score (nSPS) is 15.9. The van der Waals surface area contributed by atoms with Crippen LogP contribution in [0.2, 0.25) is 5.02 Å². The highest BCUT2D eigenvalue weighted by atomic mass is 35.5. The zero-order chi connectivity index (χ0) is 17.2. The van der Waals surface area contributed by atoms with Gasteiger partial charge in [0.05, 0.1) is 21.2 Å². The van der Waals surface area contributed by atoms with Crippen LogP contribution in [0.25, 0.3) is 0 Å². The van der Waals surface area contributed by atoms with Crippen LogP contribution in [0.3, 0.4) is 0 Å². The summed E-state index contributed by atoms with van der Waals surface area (Å²) in [4.78, 5) is 24.2. The number of amides is 1. The second-order valence-electron chi connectivity index (χ2n) is 5.97. The lowest BCUT2D eigenvalue weighted by atomic mass is 9.86. The smallest absolute Gasteiger partial charge is 0.271 e. The molecule has 0 heterocycles. The number of halogens is 1. The molecule has 24 heavy (non-hydrogen) atoms. The summed E-state index contributed by atoms with van der Waals surface area (Å²) in [6.45, 7) is 0. The zero-order valence-corrected chi connectivity index (χ0v) is 13.8. The molecule has 1 amide bonds. The van der Waals surface area contributed by atoms with Gasteiger partial charge in [0.1, 0.15) is 0 Å². The third kappa shape index (κ3) is 2.76. The summed E-state index contributed by atoms with van der Waals surface area (Å²) < 4.78 is 0. The summed E-state index contributed by atoms with van der Waals surface area (Å²) in [6, 6.07) is 14.0. The van der Waals surface area contributed by atoms with Crippen molar-refractivity contribution in [3.05, 3.63) is 69.2 Å². The van der Waals surface area contributed by atoms with Crippen LogP contribution in [0.5, 0.6) is 0 Å². The number of benzene rings is 2. The molecule has 0 radical (unpaired) electrons. The molecule has 1 saturated carbocycles. The average Bonchev–Trinajstić information content (AvgIpc) is 3.08. The molecule has 2 aromatic rings. The summed E-state index contributed by atoms with van der Waals surface area (Å²) in [7, 11) is 0. The first kappa shape index (κ1) is 16.5. The molecule has 0 atom stereocenters. The quantitative estimate of drug-likeness (QED) is 0.449. The summed E-state index contributed by atoms with van der Waals surface area (Å²) in [5.74, 6) is 0. The molecule has 6 heteroatoms. The number of non-ortho nitro benzene ring substituents is 1. The molecule has 3 rings (SSSR count). The van der Waals surface area contributed by atoms with Crippen molar-refractivity contribution in [2.45, 2.75) is 31.2 Å². The first-order valence-corrected chi connectivity index (χ1v) is 8.20. The summed E-state index contributed by atoms with van der Waals surface area (Å²) >= 11 is 6.28. The van der Waals surface area contributed by atoms with Crippen molar-refractivity contribution in [2.24, 2.45) is 0 Å². The molecule has 0 aromatic heterocycles. The molecule has 0 N–H and O–H groups in total. The van der Waals surface area contributed by atoms with Gasteiger partial charge in [0.15, 0.2) is 0 Å². The van der Waals surface area contributed by atoms with Crippen LogP contribution in [0.15, 0.2) is 48.5 Å². The Hall–Kier alpha value is -2.40. The van der Waals surface area contributed by atoms with Gasteiger partial charge < -0.3 is 4.90 Å². The van der Waals surface area contributed by atoms with Crippen LogP contribution >= 0.6 is 11.6 Å². The van der Waals surface area contributed by atoms with Crippen LogP contribution < -0.4 is 4.90 Å². The number of carbonyl (C=O) groups is 1. The van der Waals surface area contributed by atoms with E-state index in [4.69, 9.17) is 11.6 Å². The molecule has 124 valence electrons. The predicted molar refractivity (Wildman–Crippen MR) is 93.2 cm³/mol. The molecule has 1 aliphatic carbocycles. The van der Waals surface area contributed by atoms with Crippen molar-refractivity contribution >= 4 is 29.4 Å². The van der Waals surface area contributed by atoms with Gasteiger partial charge in [0, 0.05) is 12.1 Å². The zero-order valence-electron chi connectivity index (χ0n) is 13.0. The molecule has 5 nitrogen and oxygen atoms in total. The first-order valence-electron chi connectivity index (χ1n) is 7.82. The van der Waals surface area contributed by atoms with Gasteiger partial charge in [-0.25, -0.2) is 0 Å². The van der Waals surface area contributed by atoms with Gasteiger partial charge >= 0.3 is 0 Å². The van der Waals surface area contributed by atoms with E-state index in [1.54, 1.807) is 4.90 Å². The Balaban J connectivity index is 2.15. The fourth-order valence-corrected chi connectivity index (χ4v) is 3.77. The van der Waals surface area contributed by atoms with Gasteiger partial charge in [-0.05, 0) is 24.5 Å². The van der Waals surface area contributed by atoms with Crippen molar-refractivity contribution in [3.63, 3.8) is 0 Å². The van der Waals surface area contributed by atoms with Crippen molar-refractivity contribution in [2.75, 3.05) is 4.90 Å². The summed E-state index contributed by atoms with van der Waals surface area (Å²) in [5.41, 5.74) is 0.813. The Labute approximate surface area is 145 Å². The fourth-order valence-electron chi connectivity index (χ4n) is 3.56. The topological polar surface area (TPSA) is 63.5 Å². The van der Waals surface area contributed by atoms with Gasteiger partial charge in [-0.3, -0.25) is 14.9 Å². The van der Waals surface area contributed by atoms with Gasteiger partial charge in [0.25, 0.3) is 5.69 Å². The molecular formula is C18H17ClN2O3. The number of rotatable bonds is 5.